The van der Waals surface area contributed by atoms with Gasteiger partial charge in [0.05, 0.1) is 39.0 Å². The van der Waals surface area contributed by atoms with Crippen molar-refractivity contribution >= 4 is 11.5 Å². The number of aromatic nitrogens is 1. The maximum absolute atomic E-state index is 12.8. The standard InChI is InChI=1S/C21H26F3N3O2/c1-15-12-17(16(2)27(15)14-21(22,23)24)19(28)13-25-8-10-26(11-9-25)18-6-4-5-7-20(18)29-3/h4-7,12H,8-11,13-14H2,1-3H3/p+1. The van der Waals surface area contributed by atoms with E-state index in [0.29, 0.717) is 17.0 Å². The summed E-state index contributed by atoms with van der Waals surface area (Å²) in [4.78, 5) is 16.1. The number of ketones is 1. The largest absolute Gasteiger partial charge is 0.495 e. The van der Waals surface area contributed by atoms with E-state index in [1.807, 2.05) is 24.3 Å². The number of Topliss-reactive ketones (excluding diaryl/α,β-unsaturated/α-hetero) is 1. The Bertz CT molecular complexity index is 869. The number of alkyl halides is 3. The molecular formula is C21H27F3N3O2+. The van der Waals surface area contributed by atoms with Crippen LogP contribution in [-0.4, -0.2) is 56.4 Å². The lowest BCUT2D eigenvalue weighted by Gasteiger charge is -2.34. The first kappa shape index (κ1) is 21.2. The molecule has 3 rings (SSSR count). The SMILES string of the molecule is COc1ccccc1N1CC[NH+](CC(=O)c2cc(C)n(CC(F)(F)F)c2C)CC1. The molecule has 0 aliphatic carbocycles. The van der Waals surface area contributed by atoms with E-state index in [2.05, 4.69) is 4.90 Å². The van der Waals surface area contributed by atoms with Crippen LogP contribution in [0, 0.1) is 13.8 Å². The summed E-state index contributed by atoms with van der Waals surface area (Å²) in [6.45, 7) is 5.55. The normalized spacial score (nSPS) is 15.6. The molecule has 0 bridgehead atoms. The molecule has 29 heavy (non-hydrogen) atoms. The zero-order valence-corrected chi connectivity index (χ0v) is 17.0. The van der Waals surface area contributed by atoms with Crippen LogP contribution in [0.3, 0.4) is 0 Å². The molecule has 1 aliphatic rings. The highest BCUT2D eigenvalue weighted by Gasteiger charge is 2.31. The number of halogens is 3. The molecule has 2 aromatic rings. The van der Waals surface area contributed by atoms with E-state index < -0.39 is 12.7 Å². The average molecular weight is 410 g/mol. The van der Waals surface area contributed by atoms with Gasteiger partial charge in [-0.25, -0.2) is 0 Å². The number of aryl methyl sites for hydroxylation is 1. The Morgan fingerprint density at radius 3 is 2.45 bits per heavy atom. The number of carbonyl (C=O) groups is 1. The summed E-state index contributed by atoms with van der Waals surface area (Å²) in [5.74, 6) is 0.719. The highest BCUT2D eigenvalue weighted by molar-refractivity contribution is 5.98. The number of carbonyl (C=O) groups excluding carboxylic acids is 1. The number of hydrogen-bond donors (Lipinski definition) is 1. The van der Waals surface area contributed by atoms with E-state index in [9.17, 15) is 18.0 Å². The van der Waals surface area contributed by atoms with E-state index in [-0.39, 0.29) is 12.3 Å². The Kier molecular flexibility index (Phi) is 6.21. The lowest BCUT2D eigenvalue weighted by molar-refractivity contribution is -0.892. The van der Waals surface area contributed by atoms with Crippen molar-refractivity contribution in [1.29, 1.82) is 0 Å². The number of piperazine rings is 1. The maximum Gasteiger partial charge on any atom is 0.406 e. The van der Waals surface area contributed by atoms with Gasteiger partial charge in [-0.1, -0.05) is 12.1 Å². The molecule has 1 fully saturated rings. The minimum Gasteiger partial charge on any atom is -0.495 e. The van der Waals surface area contributed by atoms with Crippen molar-refractivity contribution in [2.24, 2.45) is 0 Å². The third kappa shape index (κ3) is 4.93. The number of anilines is 1. The van der Waals surface area contributed by atoms with Gasteiger partial charge in [-0.3, -0.25) is 4.79 Å². The van der Waals surface area contributed by atoms with E-state index in [1.54, 1.807) is 27.0 Å². The molecule has 5 nitrogen and oxygen atoms in total. The van der Waals surface area contributed by atoms with Crippen LogP contribution in [0.2, 0.25) is 0 Å². The number of ether oxygens (including phenoxy) is 1. The van der Waals surface area contributed by atoms with Crippen LogP contribution < -0.4 is 14.5 Å². The summed E-state index contributed by atoms with van der Waals surface area (Å²) in [5, 5.41) is 0. The molecule has 0 amide bonds. The Labute approximate surface area is 168 Å². The second kappa shape index (κ2) is 8.49. The molecule has 2 heterocycles. The molecule has 0 saturated carbocycles. The number of rotatable bonds is 6. The van der Waals surface area contributed by atoms with Crippen LogP contribution in [0.5, 0.6) is 5.75 Å². The first-order valence-electron chi connectivity index (χ1n) is 9.68. The van der Waals surface area contributed by atoms with Crippen LogP contribution in [0.15, 0.2) is 30.3 Å². The molecule has 0 spiro atoms. The maximum atomic E-state index is 12.8. The number of methoxy groups -OCH3 is 1. The number of hydrogen-bond acceptors (Lipinski definition) is 3. The fourth-order valence-electron chi connectivity index (χ4n) is 3.96. The van der Waals surface area contributed by atoms with E-state index in [1.165, 1.54) is 4.57 Å². The highest BCUT2D eigenvalue weighted by atomic mass is 19.4. The molecule has 0 unspecified atom stereocenters. The molecule has 158 valence electrons. The monoisotopic (exact) mass is 410 g/mol. The van der Waals surface area contributed by atoms with Crippen LogP contribution >= 0.6 is 0 Å². The minimum atomic E-state index is -4.31. The second-order valence-corrected chi connectivity index (χ2v) is 7.49. The number of benzene rings is 1. The highest BCUT2D eigenvalue weighted by Crippen LogP contribution is 2.27. The Morgan fingerprint density at radius 1 is 1.17 bits per heavy atom. The van der Waals surface area contributed by atoms with Gasteiger partial charge in [0.15, 0.2) is 0 Å². The Balaban J connectivity index is 1.62. The Hall–Kier alpha value is -2.48. The molecule has 8 heteroatoms. The Morgan fingerprint density at radius 2 is 1.83 bits per heavy atom. The van der Waals surface area contributed by atoms with Crippen molar-refractivity contribution in [2.45, 2.75) is 26.6 Å². The molecule has 1 aliphatic heterocycles. The zero-order valence-electron chi connectivity index (χ0n) is 17.0. The minimum absolute atomic E-state index is 0.104. The summed E-state index contributed by atoms with van der Waals surface area (Å²) in [6, 6.07) is 9.42. The van der Waals surface area contributed by atoms with Crippen molar-refractivity contribution in [3.8, 4) is 5.75 Å². The van der Waals surface area contributed by atoms with Gasteiger partial charge in [0.1, 0.15) is 18.8 Å². The van der Waals surface area contributed by atoms with Crippen molar-refractivity contribution < 1.29 is 27.6 Å². The zero-order chi connectivity index (χ0) is 21.2. The van der Waals surface area contributed by atoms with E-state index in [0.717, 1.165) is 42.5 Å². The fraction of sp³-hybridized carbons (Fsp3) is 0.476. The molecular weight excluding hydrogens is 383 g/mol. The van der Waals surface area contributed by atoms with Gasteiger partial charge in [-0.15, -0.1) is 0 Å². The van der Waals surface area contributed by atoms with Crippen molar-refractivity contribution in [3.05, 3.63) is 47.3 Å². The summed E-state index contributed by atoms with van der Waals surface area (Å²) in [7, 11) is 1.65. The third-order valence-electron chi connectivity index (χ3n) is 5.52. The second-order valence-electron chi connectivity index (χ2n) is 7.49. The topological polar surface area (TPSA) is 38.9 Å². The van der Waals surface area contributed by atoms with Crippen LogP contribution in [0.25, 0.3) is 0 Å². The third-order valence-corrected chi connectivity index (χ3v) is 5.52. The van der Waals surface area contributed by atoms with Crippen LogP contribution in [0.1, 0.15) is 21.7 Å². The van der Waals surface area contributed by atoms with Crippen molar-refractivity contribution in [3.63, 3.8) is 0 Å². The number of nitrogens with one attached hydrogen (secondary N) is 1. The molecule has 1 saturated heterocycles. The van der Waals surface area contributed by atoms with Crippen molar-refractivity contribution in [1.82, 2.24) is 4.57 Å². The summed E-state index contributed by atoms with van der Waals surface area (Å²) >= 11 is 0. The number of para-hydroxylation sites is 2. The van der Waals surface area contributed by atoms with Gasteiger partial charge in [0.2, 0.25) is 5.78 Å². The van der Waals surface area contributed by atoms with Gasteiger partial charge < -0.3 is 19.1 Å². The lowest BCUT2D eigenvalue weighted by atomic mass is 10.1. The van der Waals surface area contributed by atoms with Gasteiger partial charge >= 0.3 is 6.18 Å². The fourth-order valence-corrected chi connectivity index (χ4v) is 3.96. The average Bonchev–Trinajstić information content (AvgIpc) is 2.95. The lowest BCUT2D eigenvalue weighted by Crippen LogP contribution is -3.15. The molecule has 0 atom stereocenters. The van der Waals surface area contributed by atoms with Crippen LogP contribution in [-0.2, 0) is 6.54 Å². The van der Waals surface area contributed by atoms with Gasteiger partial charge in [0.25, 0.3) is 0 Å². The molecule has 1 N–H and O–H groups in total. The summed E-state index contributed by atoms with van der Waals surface area (Å²) in [6.07, 6.45) is -4.31. The first-order valence-corrected chi connectivity index (χ1v) is 9.68. The smallest absolute Gasteiger partial charge is 0.406 e. The van der Waals surface area contributed by atoms with Crippen LogP contribution in [0.4, 0.5) is 18.9 Å². The number of quaternary nitrogens is 1. The predicted octanol–water partition coefficient (Wildman–Crippen LogP) is 2.26. The molecule has 1 aromatic heterocycles. The summed E-state index contributed by atoms with van der Waals surface area (Å²) < 4.78 is 45.0. The molecule has 0 radical (unpaired) electrons. The quantitative estimate of drug-likeness (QED) is 0.743. The summed E-state index contributed by atoms with van der Waals surface area (Å²) in [5.41, 5.74) is 2.28. The molecule has 1 aromatic carbocycles. The van der Waals surface area contributed by atoms with E-state index >= 15 is 0 Å². The van der Waals surface area contributed by atoms with Crippen molar-refractivity contribution in [2.75, 3.05) is 44.7 Å². The van der Waals surface area contributed by atoms with Gasteiger partial charge in [-0.2, -0.15) is 13.2 Å². The van der Waals surface area contributed by atoms with E-state index in [4.69, 9.17) is 4.74 Å². The first-order chi connectivity index (χ1) is 13.7. The number of nitrogens with zero attached hydrogens (tertiary/aromatic N) is 2. The van der Waals surface area contributed by atoms with Gasteiger partial charge in [-0.05, 0) is 32.0 Å². The predicted molar refractivity (Wildman–Crippen MR) is 105 cm³/mol. The van der Waals surface area contributed by atoms with Gasteiger partial charge in [0, 0.05) is 17.0 Å².